The second-order valence-corrected chi connectivity index (χ2v) is 5.05. The molecule has 6 heteroatoms. The molecule has 2 aliphatic rings. The highest BCUT2D eigenvalue weighted by Crippen LogP contribution is 2.29. The zero-order valence-corrected chi connectivity index (χ0v) is 10.2. The average molecular weight is 251 g/mol. The zero-order valence-electron chi connectivity index (χ0n) is 10.2. The minimum absolute atomic E-state index is 0.283. The van der Waals surface area contributed by atoms with Gasteiger partial charge in [0, 0.05) is 19.6 Å². The van der Waals surface area contributed by atoms with Crippen molar-refractivity contribution in [3.05, 3.63) is 11.4 Å². The van der Waals surface area contributed by atoms with Gasteiger partial charge in [-0.3, -0.25) is 4.79 Å². The Morgan fingerprint density at radius 2 is 2.11 bits per heavy atom. The fraction of sp³-hybridized carbons (Fsp3) is 0.750. The molecule has 0 amide bonds. The van der Waals surface area contributed by atoms with Crippen molar-refractivity contribution < 1.29 is 14.6 Å². The van der Waals surface area contributed by atoms with Gasteiger partial charge in [0.2, 0.25) is 0 Å². The van der Waals surface area contributed by atoms with E-state index in [0.717, 1.165) is 43.9 Å². The number of carbonyl (C=O) groups is 1. The van der Waals surface area contributed by atoms with Gasteiger partial charge in [-0.25, -0.2) is 4.68 Å². The van der Waals surface area contributed by atoms with E-state index in [0.29, 0.717) is 18.9 Å². The number of aliphatic carboxylic acids is 1. The Labute approximate surface area is 105 Å². The van der Waals surface area contributed by atoms with Crippen molar-refractivity contribution in [2.24, 2.45) is 5.92 Å². The van der Waals surface area contributed by atoms with Gasteiger partial charge in [-0.05, 0) is 25.7 Å². The number of carboxylic acid groups (broad SMARTS) is 1. The van der Waals surface area contributed by atoms with Gasteiger partial charge in [0.1, 0.15) is 0 Å². The molecule has 1 aliphatic carbocycles. The van der Waals surface area contributed by atoms with Gasteiger partial charge in [-0.15, -0.1) is 5.10 Å². The van der Waals surface area contributed by atoms with E-state index in [2.05, 4.69) is 10.3 Å². The number of aromatic nitrogens is 3. The molecule has 1 aromatic rings. The Kier molecular flexibility index (Phi) is 3.03. The summed E-state index contributed by atoms with van der Waals surface area (Å²) >= 11 is 0. The predicted octanol–water partition coefficient (Wildman–Crippen LogP) is 0.819. The summed E-state index contributed by atoms with van der Waals surface area (Å²) in [6.45, 7) is 1.50. The average Bonchev–Trinajstić information content (AvgIpc) is 2.82. The summed E-state index contributed by atoms with van der Waals surface area (Å²) in [6, 6.07) is 0.322. The summed E-state index contributed by atoms with van der Waals surface area (Å²) in [4.78, 5) is 11.1. The fourth-order valence-electron chi connectivity index (χ4n) is 2.83. The fourth-order valence-corrected chi connectivity index (χ4v) is 2.83. The summed E-state index contributed by atoms with van der Waals surface area (Å²) in [5.41, 5.74) is 2.01. The minimum atomic E-state index is -0.708. The van der Waals surface area contributed by atoms with E-state index >= 15 is 0 Å². The third-order valence-corrected chi connectivity index (χ3v) is 3.93. The van der Waals surface area contributed by atoms with Gasteiger partial charge in [-0.2, -0.15) is 0 Å². The van der Waals surface area contributed by atoms with E-state index in [-0.39, 0.29) is 5.92 Å². The maximum absolute atomic E-state index is 11.1. The highest BCUT2D eigenvalue weighted by Gasteiger charge is 2.30. The lowest BCUT2D eigenvalue weighted by molar-refractivity contribution is -0.142. The number of ether oxygens (including phenoxy) is 1. The third kappa shape index (κ3) is 2.01. The second-order valence-electron chi connectivity index (χ2n) is 5.05. The summed E-state index contributed by atoms with van der Waals surface area (Å²) < 4.78 is 7.30. The third-order valence-electron chi connectivity index (χ3n) is 3.93. The van der Waals surface area contributed by atoms with Crippen LogP contribution in [0.15, 0.2) is 0 Å². The van der Waals surface area contributed by atoms with Crippen molar-refractivity contribution in [3.63, 3.8) is 0 Å². The number of aryl methyl sites for hydroxylation is 1. The number of hydrogen-bond donors (Lipinski definition) is 1. The summed E-state index contributed by atoms with van der Waals surface area (Å²) in [6.07, 6.45) is 3.85. The molecule has 6 nitrogen and oxygen atoms in total. The van der Waals surface area contributed by atoms with E-state index in [9.17, 15) is 4.79 Å². The van der Waals surface area contributed by atoms with Crippen LogP contribution in [-0.2, 0) is 22.4 Å². The molecule has 0 aromatic carbocycles. The molecule has 1 aliphatic heterocycles. The lowest BCUT2D eigenvalue weighted by Gasteiger charge is -2.25. The van der Waals surface area contributed by atoms with Crippen LogP contribution >= 0.6 is 0 Å². The molecule has 98 valence electrons. The highest BCUT2D eigenvalue weighted by atomic mass is 16.5. The molecule has 0 unspecified atom stereocenters. The van der Waals surface area contributed by atoms with Gasteiger partial charge < -0.3 is 9.84 Å². The number of fused-ring (bicyclic) bond motifs is 1. The van der Waals surface area contributed by atoms with E-state index in [1.165, 1.54) is 0 Å². The van der Waals surface area contributed by atoms with Crippen LogP contribution in [0.5, 0.6) is 0 Å². The molecule has 1 saturated heterocycles. The number of carboxylic acids is 1. The summed E-state index contributed by atoms with van der Waals surface area (Å²) in [5, 5.41) is 17.6. The quantitative estimate of drug-likeness (QED) is 0.842. The minimum Gasteiger partial charge on any atom is -0.481 e. The molecule has 0 saturated carbocycles. The standard InChI is InChI=1S/C12H17N3O3/c16-12(17)8-1-2-10-11(7-8)15(14-13-10)9-3-5-18-6-4-9/h8-9H,1-7H2,(H,16,17)/t8-/m0/s1. The smallest absolute Gasteiger partial charge is 0.306 e. The van der Waals surface area contributed by atoms with Crippen LogP contribution in [0.2, 0.25) is 0 Å². The first-order valence-corrected chi connectivity index (χ1v) is 6.49. The molecule has 1 fully saturated rings. The Morgan fingerprint density at radius 1 is 1.33 bits per heavy atom. The second kappa shape index (κ2) is 4.68. The van der Waals surface area contributed by atoms with Crippen LogP contribution < -0.4 is 0 Å². The number of rotatable bonds is 2. The molecule has 1 N–H and O–H groups in total. The van der Waals surface area contributed by atoms with E-state index < -0.39 is 5.97 Å². The molecular formula is C12H17N3O3. The van der Waals surface area contributed by atoms with Crippen LogP contribution in [0, 0.1) is 5.92 Å². The van der Waals surface area contributed by atoms with Gasteiger partial charge >= 0.3 is 5.97 Å². The van der Waals surface area contributed by atoms with Crippen LogP contribution in [0.3, 0.4) is 0 Å². The van der Waals surface area contributed by atoms with Gasteiger partial charge in [0.15, 0.2) is 0 Å². The molecule has 1 atom stereocenters. The first-order valence-electron chi connectivity index (χ1n) is 6.49. The first-order chi connectivity index (χ1) is 8.75. The topological polar surface area (TPSA) is 77.2 Å². The Balaban J connectivity index is 1.84. The monoisotopic (exact) mass is 251 g/mol. The molecule has 0 radical (unpaired) electrons. The van der Waals surface area contributed by atoms with Crippen molar-refractivity contribution in [1.29, 1.82) is 0 Å². The molecule has 18 heavy (non-hydrogen) atoms. The molecule has 0 bridgehead atoms. The van der Waals surface area contributed by atoms with Crippen molar-refractivity contribution in [1.82, 2.24) is 15.0 Å². The zero-order chi connectivity index (χ0) is 12.5. The van der Waals surface area contributed by atoms with Crippen molar-refractivity contribution >= 4 is 5.97 Å². The van der Waals surface area contributed by atoms with Crippen LogP contribution in [-0.4, -0.2) is 39.3 Å². The Bertz CT molecular complexity index is 451. The molecule has 2 heterocycles. The number of nitrogens with zero attached hydrogens (tertiary/aromatic N) is 3. The largest absolute Gasteiger partial charge is 0.481 e. The van der Waals surface area contributed by atoms with Crippen molar-refractivity contribution in [2.45, 2.75) is 38.1 Å². The molecule has 3 rings (SSSR count). The summed E-state index contributed by atoms with van der Waals surface area (Å²) in [5.74, 6) is -0.991. The maximum atomic E-state index is 11.1. The molecular weight excluding hydrogens is 234 g/mol. The first kappa shape index (κ1) is 11.6. The SMILES string of the molecule is O=C(O)[C@H]1CCc2nnn(C3CCOCC3)c2C1. The van der Waals surface area contributed by atoms with Gasteiger partial charge in [0.05, 0.1) is 23.3 Å². The van der Waals surface area contributed by atoms with Crippen molar-refractivity contribution in [3.8, 4) is 0 Å². The predicted molar refractivity (Wildman–Crippen MR) is 62.3 cm³/mol. The van der Waals surface area contributed by atoms with Crippen molar-refractivity contribution in [2.75, 3.05) is 13.2 Å². The Hall–Kier alpha value is -1.43. The van der Waals surface area contributed by atoms with Gasteiger partial charge in [0.25, 0.3) is 0 Å². The van der Waals surface area contributed by atoms with Gasteiger partial charge in [-0.1, -0.05) is 5.21 Å². The summed E-state index contributed by atoms with van der Waals surface area (Å²) in [7, 11) is 0. The number of hydrogen-bond acceptors (Lipinski definition) is 4. The highest BCUT2D eigenvalue weighted by molar-refractivity contribution is 5.70. The van der Waals surface area contributed by atoms with Crippen LogP contribution in [0.1, 0.15) is 36.7 Å². The van der Waals surface area contributed by atoms with E-state index in [1.807, 2.05) is 4.68 Å². The van der Waals surface area contributed by atoms with Crippen LogP contribution in [0.25, 0.3) is 0 Å². The van der Waals surface area contributed by atoms with E-state index in [1.54, 1.807) is 0 Å². The molecule has 0 spiro atoms. The lowest BCUT2D eigenvalue weighted by atomic mass is 9.89. The lowest BCUT2D eigenvalue weighted by Crippen LogP contribution is -2.27. The Morgan fingerprint density at radius 3 is 2.83 bits per heavy atom. The van der Waals surface area contributed by atoms with E-state index in [4.69, 9.17) is 9.84 Å². The normalized spacial score (nSPS) is 24.8. The molecule has 1 aromatic heterocycles. The maximum Gasteiger partial charge on any atom is 0.306 e. The van der Waals surface area contributed by atoms with Crippen LogP contribution in [0.4, 0.5) is 0 Å².